The summed E-state index contributed by atoms with van der Waals surface area (Å²) in [5.41, 5.74) is 0.631. The Morgan fingerprint density at radius 3 is 2.60 bits per heavy atom. The zero-order valence-corrected chi connectivity index (χ0v) is 13.1. The van der Waals surface area contributed by atoms with Crippen LogP contribution in [-0.4, -0.2) is 54.9 Å². The summed E-state index contributed by atoms with van der Waals surface area (Å²) < 4.78 is 0. The Kier molecular flexibility index (Phi) is 5.58. The van der Waals surface area contributed by atoms with Crippen LogP contribution in [0.4, 0.5) is 0 Å². The standard InChI is InChI=1S/C16H23ClN2O/c1-3-19-10-8-13(9-11-19)18(2)12-16(20)14-6-4-5-7-15(14)17/h4-7,13H,3,8-12H2,1-2H3. The van der Waals surface area contributed by atoms with Crippen molar-refractivity contribution in [2.45, 2.75) is 25.8 Å². The lowest BCUT2D eigenvalue weighted by molar-refractivity contribution is 0.0858. The first-order valence-corrected chi connectivity index (χ1v) is 7.70. The summed E-state index contributed by atoms with van der Waals surface area (Å²) in [6, 6.07) is 7.79. The van der Waals surface area contributed by atoms with Gasteiger partial charge in [0.1, 0.15) is 0 Å². The van der Waals surface area contributed by atoms with Crippen LogP contribution in [0.15, 0.2) is 24.3 Å². The Bertz CT molecular complexity index is 456. The van der Waals surface area contributed by atoms with E-state index >= 15 is 0 Å². The molecule has 0 unspecified atom stereocenters. The summed E-state index contributed by atoms with van der Waals surface area (Å²) >= 11 is 6.08. The summed E-state index contributed by atoms with van der Waals surface area (Å²) in [5, 5.41) is 0.548. The molecule has 0 N–H and O–H groups in total. The highest BCUT2D eigenvalue weighted by Gasteiger charge is 2.23. The quantitative estimate of drug-likeness (QED) is 0.780. The van der Waals surface area contributed by atoms with E-state index < -0.39 is 0 Å². The predicted octanol–water partition coefficient (Wildman–Crippen LogP) is 2.94. The van der Waals surface area contributed by atoms with Gasteiger partial charge < -0.3 is 4.90 Å². The largest absolute Gasteiger partial charge is 0.303 e. The Labute approximate surface area is 126 Å². The first-order valence-electron chi connectivity index (χ1n) is 7.32. The lowest BCUT2D eigenvalue weighted by Gasteiger charge is -2.36. The molecule has 1 heterocycles. The molecule has 0 saturated carbocycles. The maximum Gasteiger partial charge on any atom is 0.178 e. The summed E-state index contributed by atoms with van der Waals surface area (Å²) in [6.07, 6.45) is 2.28. The first kappa shape index (κ1) is 15.5. The molecule has 0 spiro atoms. The highest BCUT2D eigenvalue weighted by Crippen LogP contribution is 2.18. The second-order valence-corrected chi connectivity index (χ2v) is 5.89. The second-order valence-electron chi connectivity index (χ2n) is 5.48. The third kappa shape index (κ3) is 3.81. The topological polar surface area (TPSA) is 23.6 Å². The lowest BCUT2D eigenvalue weighted by atomic mass is 10.0. The predicted molar refractivity (Wildman–Crippen MR) is 83.5 cm³/mol. The molecule has 1 aromatic carbocycles. The molecule has 1 fully saturated rings. The van der Waals surface area contributed by atoms with E-state index in [1.807, 2.05) is 19.2 Å². The molecule has 0 bridgehead atoms. The fourth-order valence-corrected chi connectivity index (χ4v) is 3.05. The van der Waals surface area contributed by atoms with Crippen molar-refractivity contribution >= 4 is 17.4 Å². The van der Waals surface area contributed by atoms with Crippen molar-refractivity contribution in [1.82, 2.24) is 9.80 Å². The van der Waals surface area contributed by atoms with Crippen molar-refractivity contribution in [3.63, 3.8) is 0 Å². The number of piperidine rings is 1. The molecule has 0 radical (unpaired) electrons. The number of halogens is 1. The van der Waals surface area contributed by atoms with Crippen LogP contribution >= 0.6 is 11.6 Å². The molecule has 0 aromatic heterocycles. The number of ketones is 1. The maximum atomic E-state index is 12.3. The number of rotatable bonds is 5. The summed E-state index contributed by atoms with van der Waals surface area (Å²) in [5.74, 6) is 0.107. The highest BCUT2D eigenvalue weighted by molar-refractivity contribution is 6.34. The number of Topliss-reactive ketones (excluding diaryl/α,β-unsaturated/α-hetero) is 1. The highest BCUT2D eigenvalue weighted by atomic mass is 35.5. The fraction of sp³-hybridized carbons (Fsp3) is 0.562. The first-order chi connectivity index (χ1) is 9.61. The van der Waals surface area contributed by atoms with Gasteiger partial charge in [0.15, 0.2) is 5.78 Å². The average Bonchev–Trinajstić information content (AvgIpc) is 2.47. The number of nitrogens with zero attached hydrogens (tertiary/aromatic N) is 2. The van der Waals surface area contributed by atoms with E-state index in [0.29, 0.717) is 23.2 Å². The van der Waals surface area contributed by atoms with E-state index in [1.54, 1.807) is 12.1 Å². The molecule has 2 rings (SSSR count). The number of hydrogen-bond acceptors (Lipinski definition) is 3. The average molecular weight is 295 g/mol. The number of carbonyl (C=O) groups is 1. The molecule has 1 aliphatic heterocycles. The minimum absolute atomic E-state index is 0.107. The molecular weight excluding hydrogens is 272 g/mol. The Hall–Kier alpha value is -0.900. The number of likely N-dealkylation sites (N-methyl/N-ethyl adjacent to an activating group) is 1. The van der Waals surface area contributed by atoms with Crippen LogP contribution in [0.3, 0.4) is 0 Å². The molecule has 3 nitrogen and oxygen atoms in total. The second kappa shape index (κ2) is 7.21. The molecule has 1 aliphatic rings. The molecule has 1 aromatic rings. The van der Waals surface area contributed by atoms with E-state index in [1.165, 1.54) is 0 Å². The van der Waals surface area contributed by atoms with Crippen molar-refractivity contribution in [2.24, 2.45) is 0 Å². The molecular formula is C16H23ClN2O. The van der Waals surface area contributed by atoms with Crippen LogP contribution in [0.5, 0.6) is 0 Å². The fourth-order valence-electron chi connectivity index (χ4n) is 2.80. The van der Waals surface area contributed by atoms with Crippen LogP contribution in [0.2, 0.25) is 5.02 Å². The molecule has 1 saturated heterocycles. The van der Waals surface area contributed by atoms with Crippen LogP contribution in [0, 0.1) is 0 Å². The van der Waals surface area contributed by atoms with Crippen molar-refractivity contribution in [2.75, 3.05) is 33.2 Å². The third-order valence-corrected chi connectivity index (χ3v) is 4.52. The monoisotopic (exact) mass is 294 g/mol. The van der Waals surface area contributed by atoms with Crippen LogP contribution < -0.4 is 0 Å². The van der Waals surface area contributed by atoms with Gasteiger partial charge in [-0.3, -0.25) is 9.69 Å². The van der Waals surface area contributed by atoms with Crippen LogP contribution in [0.25, 0.3) is 0 Å². The van der Waals surface area contributed by atoms with Gasteiger partial charge in [-0.1, -0.05) is 30.7 Å². The normalized spacial score (nSPS) is 17.6. The molecule has 20 heavy (non-hydrogen) atoms. The molecule has 110 valence electrons. The maximum absolute atomic E-state index is 12.3. The Morgan fingerprint density at radius 1 is 1.35 bits per heavy atom. The van der Waals surface area contributed by atoms with E-state index in [4.69, 9.17) is 11.6 Å². The zero-order chi connectivity index (χ0) is 14.5. The van der Waals surface area contributed by atoms with Gasteiger partial charge in [0.2, 0.25) is 0 Å². The summed E-state index contributed by atoms with van der Waals surface area (Å²) in [7, 11) is 2.04. The van der Waals surface area contributed by atoms with Crippen LogP contribution in [-0.2, 0) is 0 Å². The van der Waals surface area contributed by atoms with Gasteiger partial charge in [-0.15, -0.1) is 0 Å². The van der Waals surface area contributed by atoms with Crippen molar-refractivity contribution < 1.29 is 4.79 Å². The van der Waals surface area contributed by atoms with Gasteiger partial charge >= 0.3 is 0 Å². The summed E-state index contributed by atoms with van der Waals surface area (Å²) in [4.78, 5) is 16.9. The van der Waals surface area contributed by atoms with E-state index in [9.17, 15) is 4.79 Å². The number of hydrogen-bond donors (Lipinski definition) is 0. The lowest BCUT2D eigenvalue weighted by Crippen LogP contribution is -2.44. The van der Waals surface area contributed by atoms with E-state index in [-0.39, 0.29) is 5.78 Å². The van der Waals surface area contributed by atoms with E-state index in [2.05, 4.69) is 16.7 Å². The van der Waals surface area contributed by atoms with Gasteiger partial charge in [0.25, 0.3) is 0 Å². The number of benzene rings is 1. The number of likely N-dealkylation sites (tertiary alicyclic amines) is 1. The molecule has 0 aliphatic carbocycles. The van der Waals surface area contributed by atoms with Gasteiger partial charge in [-0.05, 0) is 51.7 Å². The number of carbonyl (C=O) groups excluding carboxylic acids is 1. The van der Waals surface area contributed by atoms with Crippen molar-refractivity contribution in [3.8, 4) is 0 Å². The van der Waals surface area contributed by atoms with Gasteiger partial charge in [-0.2, -0.15) is 0 Å². The van der Waals surface area contributed by atoms with E-state index in [0.717, 1.165) is 32.5 Å². The van der Waals surface area contributed by atoms with Crippen LogP contribution in [0.1, 0.15) is 30.1 Å². The SMILES string of the molecule is CCN1CCC(N(C)CC(=O)c2ccccc2Cl)CC1. The van der Waals surface area contributed by atoms with Crippen molar-refractivity contribution in [3.05, 3.63) is 34.9 Å². The zero-order valence-electron chi connectivity index (χ0n) is 12.3. The molecule has 0 amide bonds. The Morgan fingerprint density at radius 2 is 2.00 bits per heavy atom. The molecule has 0 atom stereocenters. The van der Waals surface area contributed by atoms with Gasteiger partial charge in [0, 0.05) is 11.6 Å². The van der Waals surface area contributed by atoms with Crippen molar-refractivity contribution in [1.29, 1.82) is 0 Å². The minimum Gasteiger partial charge on any atom is -0.303 e. The van der Waals surface area contributed by atoms with Gasteiger partial charge in [-0.25, -0.2) is 0 Å². The molecule has 4 heteroatoms. The third-order valence-electron chi connectivity index (χ3n) is 4.19. The van der Waals surface area contributed by atoms with Gasteiger partial charge in [0.05, 0.1) is 11.6 Å². The summed E-state index contributed by atoms with van der Waals surface area (Å²) in [6.45, 7) is 6.03. The Balaban J connectivity index is 1.90. The smallest absolute Gasteiger partial charge is 0.178 e. The minimum atomic E-state index is 0.107.